The summed E-state index contributed by atoms with van der Waals surface area (Å²) in [5, 5.41) is 5.77. The van der Waals surface area contributed by atoms with Crippen molar-refractivity contribution >= 4 is 11.3 Å². The predicted octanol–water partition coefficient (Wildman–Crippen LogP) is 3.36. The lowest BCUT2D eigenvalue weighted by molar-refractivity contribution is 0.444. The van der Waals surface area contributed by atoms with E-state index in [2.05, 4.69) is 30.7 Å². The lowest BCUT2D eigenvalue weighted by atomic mass is 9.98. The van der Waals surface area contributed by atoms with E-state index in [4.69, 9.17) is 0 Å². The number of rotatable bonds is 3. The van der Waals surface area contributed by atoms with Gasteiger partial charge < -0.3 is 5.32 Å². The van der Waals surface area contributed by atoms with Gasteiger partial charge in [-0.2, -0.15) is 0 Å². The molecule has 0 radical (unpaired) electrons. The van der Waals surface area contributed by atoms with Crippen molar-refractivity contribution in [3.05, 3.63) is 21.9 Å². The van der Waals surface area contributed by atoms with Crippen LogP contribution < -0.4 is 5.32 Å². The minimum Gasteiger partial charge on any atom is -0.313 e. The first kappa shape index (κ1) is 9.86. The first-order chi connectivity index (χ1) is 7.33. The lowest BCUT2D eigenvalue weighted by Gasteiger charge is -2.18. The molecule has 0 saturated heterocycles. The van der Waals surface area contributed by atoms with E-state index in [0.29, 0.717) is 6.04 Å². The molecule has 0 aromatic carbocycles. The topological polar surface area (TPSA) is 12.0 Å². The quantitative estimate of drug-likeness (QED) is 0.825. The van der Waals surface area contributed by atoms with Gasteiger partial charge in [0.15, 0.2) is 0 Å². The Kier molecular flexibility index (Phi) is 2.37. The van der Waals surface area contributed by atoms with E-state index in [1.807, 2.05) is 11.3 Å². The van der Waals surface area contributed by atoms with Gasteiger partial charge in [-0.25, -0.2) is 0 Å². The third-order valence-corrected chi connectivity index (χ3v) is 5.26. The van der Waals surface area contributed by atoms with E-state index in [9.17, 15) is 0 Å². The van der Waals surface area contributed by atoms with E-state index in [0.717, 1.165) is 17.8 Å². The van der Waals surface area contributed by atoms with Gasteiger partial charge >= 0.3 is 0 Å². The van der Waals surface area contributed by atoms with Gasteiger partial charge in [0.05, 0.1) is 0 Å². The maximum Gasteiger partial charge on any atom is 0.0362 e. The fourth-order valence-corrected chi connectivity index (χ4v) is 4.39. The molecule has 15 heavy (non-hydrogen) atoms. The van der Waals surface area contributed by atoms with Crippen molar-refractivity contribution in [2.24, 2.45) is 17.8 Å². The Bertz CT molecular complexity index is 347. The zero-order valence-electron chi connectivity index (χ0n) is 9.49. The molecule has 0 spiro atoms. The van der Waals surface area contributed by atoms with Gasteiger partial charge in [0.25, 0.3) is 0 Å². The second-order valence-electron chi connectivity index (χ2n) is 5.03. The molecule has 0 bridgehead atoms. The molecule has 1 N–H and O–H groups in total. The molecule has 2 aliphatic rings. The van der Waals surface area contributed by atoms with Crippen LogP contribution in [0, 0.1) is 24.7 Å². The van der Waals surface area contributed by atoms with Gasteiger partial charge in [-0.1, -0.05) is 6.42 Å². The number of thiophene rings is 1. The largest absolute Gasteiger partial charge is 0.313 e. The Morgan fingerprint density at radius 2 is 2.13 bits per heavy atom. The maximum atomic E-state index is 3.54. The molecule has 82 valence electrons. The number of hydrogen-bond donors (Lipinski definition) is 1. The highest BCUT2D eigenvalue weighted by molar-refractivity contribution is 7.10. The van der Waals surface area contributed by atoms with Gasteiger partial charge in [-0.15, -0.1) is 11.3 Å². The Hall–Kier alpha value is -0.340. The molecule has 3 rings (SSSR count). The Labute approximate surface area is 95.9 Å². The minimum absolute atomic E-state index is 0.631. The van der Waals surface area contributed by atoms with Crippen LogP contribution >= 0.6 is 11.3 Å². The number of hydrogen-bond acceptors (Lipinski definition) is 2. The Morgan fingerprint density at radius 3 is 2.67 bits per heavy atom. The fourth-order valence-electron chi connectivity index (χ4n) is 3.64. The molecule has 1 aromatic rings. The van der Waals surface area contributed by atoms with Crippen molar-refractivity contribution in [2.45, 2.75) is 32.2 Å². The third-order valence-electron chi connectivity index (χ3n) is 4.40. The van der Waals surface area contributed by atoms with Crippen LogP contribution in [-0.4, -0.2) is 7.05 Å². The SMILES string of the molecule is CNC(c1ccsc1C)C1C2CCCC21. The van der Waals surface area contributed by atoms with E-state index in [1.165, 1.54) is 24.1 Å². The molecule has 2 aliphatic carbocycles. The van der Waals surface area contributed by atoms with Crippen molar-refractivity contribution in [3.63, 3.8) is 0 Å². The monoisotopic (exact) mass is 221 g/mol. The Morgan fingerprint density at radius 1 is 1.40 bits per heavy atom. The van der Waals surface area contributed by atoms with Crippen LogP contribution in [0.4, 0.5) is 0 Å². The van der Waals surface area contributed by atoms with Crippen LogP contribution in [0.15, 0.2) is 11.4 Å². The van der Waals surface area contributed by atoms with Crippen molar-refractivity contribution in [3.8, 4) is 0 Å². The molecule has 2 heteroatoms. The molecule has 3 unspecified atom stereocenters. The van der Waals surface area contributed by atoms with Crippen LogP contribution in [0.5, 0.6) is 0 Å². The average Bonchev–Trinajstić information content (AvgIpc) is 2.66. The van der Waals surface area contributed by atoms with Crippen LogP contribution in [0.2, 0.25) is 0 Å². The van der Waals surface area contributed by atoms with Crippen molar-refractivity contribution in [1.29, 1.82) is 0 Å². The average molecular weight is 221 g/mol. The molecule has 1 nitrogen and oxygen atoms in total. The molecule has 2 fully saturated rings. The minimum atomic E-state index is 0.631. The molecule has 0 amide bonds. The van der Waals surface area contributed by atoms with Gasteiger partial charge in [0, 0.05) is 10.9 Å². The number of aryl methyl sites for hydroxylation is 1. The number of nitrogens with one attached hydrogen (secondary N) is 1. The molecule has 1 aromatic heterocycles. The summed E-state index contributed by atoms with van der Waals surface area (Å²) in [6.45, 7) is 2.25. The highest BCUT2D eigenvalue weighted by Crippen LogP contribution is 2.62. The normalized spacial score (nSPS) is 35.2. The van der Waals surface area contributed by atoms with Crippen molar-refractivity contribution in [1.82, 2.24) is 5.32 Å². The van der Waals surface area contributed by atoms with Gasteiger partial charge in [0.1, 0.15) is 0 Å². The summed E-state index contributed by atoms with van der Waals surface area (Å²) in [6, 6.07) is 2.95. The fraction of sp³-hybridized carbons (Fsp3) is 0.692. The molecule has 0 aliphatic heterocycles. The van der Waals surface area contributed by atoms with E-state index in [-0.39, 0.29) is 0 Å². The van der Waals surface area contributed by atoms with Gasteiger partial charge in [0.2, 0.25) is 0 Å². The second-order valence-corrected chi connectivity index (χ2v) is 6.15. The summed E-state index contributed by atoms with van der Waals surface area (Å²) in [5.41, 5.74) is 1.56. The van der Waals surface area contributed by atoms with Crippen LogP contribution in [-0.2, 0) is 0 Å². The van der Waals surface area contributed by atoms with Gasteiger partial charge in [-0.05, 0) is 61.6 Å². The van der Waals surface area contributed by atoms with E-state index < -0.39 is 0 Å². The molecule has 1 heterocycles. The Balaban J connectivity index is 1.81. The molecule has 3 atom stereocenters. The van der Waals surface area contributed by atoms with Crippen molar-refractivity contribution < 1.29 is 0 Å². The highest BCUT2D eigenvalue weighted by atomic mass is 32.1. The first-order valence-electron chi connectivity index (χ1n) is 6.04. The molecule has 2 saturated carbocycles. The van der Waals surface area contributed by atoms with E-state index >= 15 is 0 Å². The summed E-state index contributed by atoms with van der Waals surface area (Å²) in [5.74, 6) is 3.03. The summed E-state index contributed by atoms with van der Waals surface area (Å²) in [4.78, 5) is 1.50. The summed E-state index contributed by atoms with van der Waals surface area (Å²) >= 11 is 1.88. The molecular formula is C13H19NS. The smallest absolute Gasteiger partial charge is 0.0362 e. The second kappa shape index (κ2) is 3.60. The van der Waals surface area contributed by atoms with Crippen molar-refractivity contribution in [2.75, 3.05) is 7.05 Å². The van der Waals surface area contributed by atoms with Gasteiger partial charge in [-0.3, -0.25) is 0 Å². The van der Waals surface area contributed by atoms with Crippen LogP contribution in [0.25, 0.3) is 0 Å². The lowest BCUT2D eigenvalue weighted by Crippen LogP contribution is -2.20. The summed E-state index contributed by atoms with van der Waals surface area (Å²) in [7, 11) is 2.12. The highest BCUT2D eigenvalue weighted by Gasteiger charge is 2.55. The van der Waals surface area contributed by atoms with Crippen LogP contribution in [0.1, 0.15) is 35.7 Å². The zero-order valence-corrected chi connectivity index (χ0v) is 10.3. The summed E-state index contributed by atoms with van der Waals surface area (Å²) < 4.78 is 0. The third kappa shape index (κ3) is 1.46. The number of fused-ring (bicyclic) bond motifs is 1. The van der Waals surface area contributed by atoms with E-state index in [1.54, 1.807) is 5.56 Å². The predicted molar refractivity (Wildman–Crippen MR) is 65.2 cm³/mol. The first-order valence-corrected chi connectivity index (χ1v) is 6.92. The zero-order chi connectivity index (χ0) is 10.4. The summed E-state index contributed by atoms with van der Waals surface area (Å²) in [6.07, 6.45) is 4.44. The standard InChI is InChI=1S/C13H19NS/c1-8-9(6-7-15-8)13(14-2)12-10-4-3-5-11(10)12/h6-7,10-14H,3-5H2,1-2H3. The maximum absolute atomic E-state index is 3.54. The van der Waals surface area contributed by atoms with Crippen LogP contribution in [0.3, 0.4) is 0 Å². The molecular weight excluding hydrogens is 202 g/mol.